The van der Waals surface area contributed by atoms with Crippen LogP contribution in [-0.2, 0) is 16.6 Å². The Labute approximate surface area is 198 Å². The Hall–Kier alpha value is -1.87. The lowest BCUT2D eigenvalue weighted by Crippen LogP contribution is -2.49. The molecule has 1 amide bonds. The first-order valence-electron chi connectivity index (χ1n) is 10.2. The van der Waals surface area contributed by atoms with Gasteiger partial charge in [-0.05, 0) is 32.0 Å². The zero-order valence-electron chi connectivity index (χ0n) is 18.2. The molecule has 0 unspecified atom stereocenters. The van der Waals surface area contributed by atoms with Crippen molar-refractivity contribution in [1.82, 2.24) is 9.21 Å². The molecule has 0 aliphatic carbocycles. The molecule has 0 N–H and O–H groups in total. The lowest BCUT2D eigenvalue weighted by Gasteiger charge is -2.36. The van der Waals surface area contributed by atoms with E-state index >= 15 is 4.39 Å². The minimum absolute atomic E-state index is 0.0519. The molecule has 10 heteroatoms. The highest BCUT2D eigenvalue weighted by Crippen LogP contribution is 2.28. The molecule has 1 heterocycles. The Morgan fingerprint density at radius 2 is 1.62 bits per heavy atom. The van der Waals surface area contributed by atoms with E-state index in [1.807, 2.05) is 4.90 Å². The number of sulfonamides is 1. The molecule has 1 saturated heterocycles. The average molecular weight is 502 g/mol. The van der Waals surface area contributed by atoms with Gasteiger partial charge in [-0.2, -0.15) is 0 Å². The molecule has 2 aromatic rings. The number of carbonyl (C=O) groups is 1. The van der Waals surface area contributed by atoms with Crippen LogP contribution in [0.1, 0.15) is 29.8 Å². The molecule has 0 aromatic heterocycles. The van der Waals surface area contributed by atoms with E-state index in [0.29, 0.717) is 47.5 Å². The molecule has 1 aliphatic heterocycles. The number of amides is 1. The number of halogens is 3. The highest BCUT2D eigenvalue weighted by atomic mass is 35.5. The summed E-state index contributed by atoms with van der Waals surface area (Å²) < 4.78 is 41.1. The highest BCUT2D eigenvalue weighted by Gasteiger charge is 2.28. The second-order valence-electron chi connectivity index (χ2n) is 7.98. The maximum Gasteiger partial charge on any atom is 0.257 e. The number of carbonyl (C=O) groups excluding carboxylic acids is 1. The van der Waals surface area contributed by atoms with Crippen LogP contribution in [0.3, 0.4) is 0 Å². The van der Waals surface area contributed by atoms with Crippen molar-refractivity contribution in [3.8, 4) is 0 Å². The van der Waals surface area contributed by atoms with Crippen LogP contribution in [0.4, 0.5) is 10.1 Å². The van der Waals surface area contributed by atoms with Crippen molar-refractivity contribution in [3.63, 3.8) is 0 Å². The Morgan fingerprint density at radius 3 is 2.19 bits per heavy atom. The van der Waals surface area contributed by atoms with E-state index in [0.717, 1.165) is 0 Å². The normalized spacial score (nSPS) is 15.0. The molecule has 32 heavy (non-hydrogen) atoms. The molecule has 174 valence electrons. The van der Waals surface area contributed by atoms with E-state index in [-0.39, 0.29) is 18.0 Å². The Balaban J connectivity index is 1.72. The molecule has 0 atom stereocenters. The predicted octanol–water partition coefficient (Wildman–Crippen LogP) is 4.26. The summed E-state index contributed by atoms with van der Waals surface area (Å²) in [5.41, 5.74) is 0.961. The zero-order chi connectivity index (χ0) is 23.6. The first kappa shape index (κ1) is 24.8. The van der Waals surface area contributed by atoms with Crippen LogP contribution in [-0.4, -0.2) is 62.0 Å². The summed E-state index contributed by atoms with van der Waals surface area (Å²) in [6.07, 6.45) is 0. The molecule has 0 bridgehead atoms. The highest BCUT2D eigenvalue weighted by molar-refractivity contribution is 7.89. The fourth-order valence-electron chi connectivity index (χ4n) is 3.63. The van der Waals surface area contributed by atoms with Gasteiger partial charge in [-0.3, -0.25) is 4.79 Å². The second kappa shape index (κ2) is 9.95. The molecule has 0 saturated carbocycles. The second-order valence-corrected chi connectivity index (χ2v) is 11.4. The molecule has 2 aromatic carbocycles. The van der Waals surface area contributed by atoms with E-state index in [9.17, 15) is 13.2 Å². The molecular weight excluding hydrogens is 476 g/mol. The van der Waals surface area contributed by atoms with Crippen molar-refractivity contribution < 1.29 is 17.6 Å². The largest absolute Gasteiger partial charge is 0.366 e. The summed E-state index contributed by atoms with van der Waals surface area (Å²) in [6, 6.07) is 9.88. The average Bonchev–Trinajstić information content (AvgIpc) is 2.75. The van der Waals surface area contributed by atoms with Crippen molar-refractivity contribution in [2.75, 3.05) is 38.1 Å². The topological polar surface area (TPSA) is 60.9 Å². The van der Waals surface area contributed by atoms with Crippen molar-refractivity contribution in [2.24, 2.45) is 0 Å². The number of benzene rings is 2. The standard InChI is InChI=1S/C22H26Cl2FN3O3S/c1-15(2)32(30,31)26(3)14-16-6-4-9-19(21(16)25)27-10-12-28(13-11-27)22(29)20-17(23)7-5-8-18(20)24/h4-9,15H,10-14H2,1-3H3. The van der Waals surface area contributed by atoms with Crippen LogP contribution in [0.2, 0.25) is 10.0 Å². The quantitative estimate of drug-likeness (QED) is 0.592. The molecular formula is C22H26Cl2FN3O3S. The third kappa shape index (κ3) is 5.03. The predicted molar refractivity (Wildman–Crippen MR) is 127 cm³/mol. The summed E-state index contributed by atoms with van der Waals surface area (Å²) in [6.45, 7) is 4.74. The van der Waals surface area contributed by atoms with Gasteiger partial charge < -0.3 is 9.80 Å². The van der Waals surface area contributed by atoms with E-state index in [1.54, 1.807) is 55.1 Å². The molecule has 3 rings (SSSR count). The van der Waals surface area contributed by atoms with Crippen molar-refractivity contribution >= 4 is 44.8 Å². The molecule has 6 nitrogen and oxygen atoms in total. The van der Waals surface area contributed by atoms with Gasteiger partial charge in [0, 0.05) is 45.3 Å². The van der Waals surface area contributed by atoms with Crippen LogP contribution < -0.4 is 4.90 Å². The van der Waals surface area contributed by atoms with E-state index in [2.05, 4.69) is 0 Å². The monoisotopic (exact) mass is 501 g/mol. The van der Waals surface area contributed by atoms with Gasteiger partial charge in [0.15, 0.2) is 5.82 Å². The van der Waals surface area contributed by atoms with Crippen molar-refractivity contribution in [1.29, 1.82) is 0 Å². The summed E-state index contributed by atoms with van der Waals surface area (Å²) in [4.78, 5) is 16.4. The summed E-state index contributed by atoms with van der Waals surface area (Å²) in [5.74, 6) is -0.706. The number of hydrogen-bond donors (Lipinski definition) is 0. The maximum absolute atomic E-state index is 15.3. The van der Waals surface area contributed by atoms with Crippen LogP contribution in [0.25, 0.3) is 0 Å². The van der Waals surface area contributed by atoms with Crippen molar-refractivity contribution in [2.45, 2.75) is 25.6 Å². The van der Waals surface area contributed by atoms with Gasteiger partial charge in [0.25, 0.3) is 5.91 Å². The zero-order valence-corrected chi connectivity index (χ0v) is 20.5. The number of anilines is 1. The van der Waals surface area contributed by atoms with Crippen molar-refractivity contribution in [3.05, 3.63) is 63.4 Å². The molecule has 0 radical (unpaired) electrons. The lowest BCUT2D eigenvalue weighted by molar-refractivity contribution is 0.0747. The van der Waals surface area contributed by atoms with Crippen LogP contribution >= 0.6 is 23.2 Å². The number of piperazine rings is 1. The van der Waals surface area contributed by atoms with Gasteiger partial charge in [0.1, 0.15) is 0 Å². The van der Waals surface area contributed by atoms with E-state index in [1.165, 1.54) is 11.4 Å². The molecule has 1 aliphatic rings. The van der Waals surface area contributed by atoms with Crippen LogP contribution in [0.15, 0.2) is 36.4 Å². The fourth-order valence-corrected chi connectivity index (χ4v) is 5.23. The van der Waals surface area contributed by atoms with Crippen LogP contribution in [0.5, 0.6) is 0 Å². The van der Waals surface area contributed by atoms with Gasteiger partial charge in [-0.1, -0.05) is 41.4 Å². The SMILES string of the molecule is CC(C)S(=O)(=O)N(C)Cc1cccc(N2CCN(C(=O)c3c(Cl)cccc3Cl)CC2)c1F. The lowest BCUT2D eigenvalue weighted by atomic mass is 10.1. The van der Waals surface area contributed by atoms with Gasteiger partial charge in [0.2, 0.25) is 10.0 Å². The minimum atomic E-state index is -3.49. The first-order chi connectivity index (χ1) is 15.0. The smallest absolute Gasteiger partial charge is 0.257 e. The molecule has 1 fully saturated rings. The minimum Gasteiger partial charge on any atom is -0.366 e. The summed E-state index contributed by atoms with van der Waals surface area (Å²) in [5, 5.41) is 0.00395. The first-order valence-corrected chi connectivity index (χ1v) is 12.5. The van der Waals surface area contributed by atoms with Gasteiger partial charge in [0.05, 0.1) is 26.5 Å². The van der Waals surface area contributed by atoms with Gasteiger partial charge in [-0.15, -0.1) is 0 Å². The summed E-state index contributed by atoms with van der Waals surface area (Å²) >= 11 is 12.3. The summed E-state index contributed by atoms with van der Waals surface area (Å²) in [7, 11) is -2.04. The molecule has 0 spiro atoms. The number of rotatable bonds is 6. The Morgan fingerprint density at radius 1 is 1.06 bits per heavy atom. The number of nitrogens with zero attached hydrogens (tertiary/aromatic N) is 3. The van der Waals surface area contributed by atoms with Gasteiger partial charge >= 0.3 is 0 Å². The number of hydrogen-bond acceptors (Lipinski definition) is 4. The maximum atomic E-state index is 15.3. The Bertz CT molecular complexity index is 1080. The van der Waals surface area contributed by atoms with E-state index in [4.69, 9.17) is 23.2 Å². The third-order valence-electron chi connectivity index (χ3n) is 5.57. The van der Waals surface area contributed by atoms with Gasteiger partial charge in [-0.25, -0.2) is 17.1 Å². The fraction of sp³-hybridized carbons (Fsp3) is 0.409. The van der Waals surface area contributed by atoms with E-state index < -0.39 is 21.1 Å². The Kier molecular flexibility index (Phi) is 7.70. The third-order valence-corrected chi connectivity index (χ3v) is 8.38. The van der Waals surface area contributed by atoms with Crippen LogP contribution in [0, 0.1) is 5.82 Å².